The number of hydrogen-bond acceptors (Lipinski definition) is 7. The molecule has 0 bridgehead atoms. The molecule has 7 nitrogen and oxygen atoms in total. The molecule has 2 unspecified atom stereocenters. The van der Waals surface area contributed by atoms with Gasteiger partial charge in [-0.3, -0.25) is 9.59 Å². The van der Waals surface area contributed by atoms with Gasteiger partial charge in [-0.2, -0.15) is 0 Å². The Balaban J connectivity index is -0.000000239. The Morgan fingerprint density at radius 1 is 0.810 bits per heavy atom. The number of hydrogen-bond donors (Lipinski definition) is 0. The van der Waals surface area contributed by atoms with E-state index in [0.717, 1.165) is 0 Å². The van der Waals surface area contributed by atoms with Crippen LogP contribution in [0.2, 0.25) is 0 Å². The summed E-state index contributed by atoms with van der Waals surface area (Å²) in [6, 6.07) is 0. The topological polar surface area (TPSA) is 124 Å². The minimum absolute atomic E-state index is 0.347. The third-order valence-corrected chi connectivity index (χ3v) is 2.74. The van der Waals surface area contributed by atoms with Gasteiger partial charge >= 0.3 is 40.4 Å². The molecular weight excluding hydrogens is 295 g/mol. The summed E-state index contributed by atoms with van der Waals surface area (Å²) in [4.78, 5) is 39.9. The van der Waals surface area contributed by atoms with Gasteiger partial charge < -0.3 is 19.8 Å². The van der Waals surface area contributed by atoms with Crippen LogP contribution in [0.15, 0.2) is 0 Å². The van der Waals surface area contributed by atoms with Gasteiger partial charge in [-0.15, -0.1) is 0 Å². The molecule has 0 aromatic heterocycles. The zero-order valence-electron chi connectivity index (χ0n) is 13.2. The van der Waals surface area contributed by atoms with Crippen LogP contribution in [-0.4, -0.2) is 46.2 Å². The van der Waals surface area contributed by atoms with E-state index in [0.29, 0.717) is 6.10 Å². The van der Waals surface area contributed by atoms with Crippen molar-refractivity contribution in [1.29, 1.82) is 0 Å². The van der Waals surface area contributed by atoms with E-state index >= 15 is 0 Å². The molecule has 0 spiro atoms. The van der Waals surface area contributed by atoms with Gasteiger partial charge in [-0.1, -0.05) is 13.8 Å². The first-order chi connectivity index (χ1) is 9.38. The van der Waals surface area contributed by atoms with E-state index in [9.17, 15) is 29.4 Å². The number of rotatable bonds is 5. The Labute approximate surface area is 133 Å². The van der Waals surface area contributed by atoms with Gasteiger partial charge in [0.25, 0.3) is 0 Å². The summed E-state index contributed by atoms with van der Waals surface area (Å²) < 4.78 is 4.67. The van der Waals surface area contributed by atoms with Gasteiger partial charge in [0, 0.05) is 0 Å². The van der Waals surface area contributed by atoms with Crippen LogP contribution in [0.1, 0.15) is 41.5 Å². The minimum atomic E-state index is -1.31. The zero-order chi connectivity index (χ0) is 17.7. The normalized spacial score (nSPS) is 12.0. The van der Waals surface area contributed by atoms with Crippen LogP contribution >= 0.6 is 0 Å². The van der Waals surface area contributed by atoms with E-state index in [-0.39, 0.29) is 11.6 Å². The number of carboxylic acids is 2. The molecule has 2 atom stereocenters. The first kappa shape index (κ1) is 24.8. The maximum atomic E-state index is 10.2. The van der Waals surface area contributed by atoms with Crippen LogP contribution in [0.3, 0.4) is 0 Å². The second-order valence-corrected chi connectivity index (χ2v) is 4.76. The molecule has 0 aliphatic rings. The Kier molecular flexibility index (Phi) is 16.2. The van der Waals surface area contributed by atoms with E-state index < -0.39 is 23.8 Å². The molecule has 0 aromatic carbocycles. The molecule has 0 aliphatic heterocycles. The van der Waals surface area contributed by atoms with Crippen molar-refractivity contribution in [2.75, 3.05) is 0 Å². The molecule has 0 aliphatic carbocycles. The quantitative estimate of drug-likeness (QED) is 0.443. The van der Waals surface area contributed by atoms with Crippen LogP contribution in [0.4, 0.5) is 0 Å². The van der Waals surface area contributed by atoms with Crippen molar-refractivity contribution in [3.63, 3.8) is 0 Å². The Morgan fingerprint density at radius 2 is 1.00 bits per heavy atom. The van der Waals surface area contributed by atoms with Crippen molar-refractivity contribution in [3.05, 3.63) is 0 Å². The van der Waals surface area contributed by atoms with Crippen molar-refractivity contribution >= 4 is 40.1 Å². The third-order valence-electron chi connectivity index (χ3n) is 2.20. The summed E-state index contributed by atoms with van der Waals surface area (Å²) in [6.45, 7) is 9.01. The molecule has 8 heteroatoms. The number of carboxylic acid groups (broad SMARTS) is 2. The predicted molar refractivity (Wildman–Crippen MR) is 71.7 cm³/mol. The van der Waals surface area contributed by atoms with Gasteiger partial charge in [0.1, 0.15) is 11.6 Å². The molecule has 0 saturated carbocycles. The summed E-state index contributed by atoms with van der Waals surface area (Å²) in [7, 11) is 0. The van der Waals surface area contributed by atoms with Crippen molar-refractivity contribution in [3.8, 4) is 0 Å². The first-order valence-corrected chi connectivity index (χ1v) is 6.63. The third kappa shape index (κ3) is 18.8. The number of Topliss-reactive ketones (excluding diaryl/α,β-unsaturated/α-hetero) is 2. The van der Waals surface area contributed by atoms with E-state index in [2.05, 4.69) is 20.4 Å². The molecular formula is C13H21AlO7. The fourth-order valence-corrected chi connectivity index (χ4v) is 0.332. The van der Waals surface area contributed by atoms with E-state index in [1.807, 2.05) is 13.8 Å². The number of carbonyl (C=O) groups is 4. The van der Waals surface area contributed by atoms with Crippen molar-refractivity contribution in [2.45, 2.75) is 47.6 Å². The molecule has 0 amide bonds. The standard InChI is InChI=1S/2C5H8O3.C3H7O.Al/c2*1-3(4(2)6)5(7)8;1-3(2)4;/h2*3H,1-2H3,(H,7,8);3H,1-2H3;/q;;-1;+3/p-2. The van der Waals surface area contributed by atoms with Crippen molar-refractivity contribution in [2.24, 2.45) is 11.8 Å². The molecule has 0 radical (unpaired) electrons. The van der Waals surface area contributed by atoms with Gasteiger partial charge in [0.05, 0.1) is 23.8 Å². The summed E-state index contributed by atoms with van der Waals surface area (Å²) in [5.74, 6) is -5.28. The molecule has 0 N–H and O–H groups in total. The Morgan fingerprint density at radius 3 is 1.00 bits per heavy atom. The average molecular weight is 316 g/mol. The number of carbonyl (C=O) groups excluding carboxylic acids is 4. The molecule has 0 heterocycles. The number of ketones is 2. The second kappa shape index (κ2) is 13.7. The van der Waals surface area contributed by atoms with E-state index in [4.69, 9.17) is 0 Å². The number of aliphatic carboxylic acids is 2. The molecule has 0 saturated heterocycles. The summed E-state index contributed by atoms with van der Waals surface area (Å²) >= 11 is 2.19. The monoisotopic (exact) mass is 316 g/mol. The maximum absolute atomic E-state index is 10.2. The molecule has 0 aromatic rings. The van der Waals surface area contributed by atoms with Crippen molar-refractivity contribution < 1.29 is 33.2 Å². The second-order valence-electron chi connectivity index (χ2n) is 4.49. The fourth-order valence-electron chi connectivity index (χ4n) is 0.332. The van der Waals surface area contributed by atoms with Crippen LogP contribution < -0.4 is 10.2 Å². The first-order valence-electron chi connectivity index (χ1n) is 6.16. The average Bonchev–Trinajstić information content (AvgIpc) is 2.37. The SMILES string of the molecule is CC(=O)C(C)C(=O)[O-].CC(=O)C(C)C(=O)[O-].CC(C)[O][Al+2]. The van der Waals surface area contributed by atoms with E-state index in [1.54, 1.807) is 0 Å². The van der Waals surface area contributed by atoms with Crippen molar-refractivity contribution in [1.82, 2.24) is 0 Å². The molecule has 118 valence electrons. The predicted octanol–water partition coefficient (Wildman–Crippen LogP) is -1.58. The summed E-state index contributed by atoms with van der Waals surface area (Å²) in [5.41, 5.74) is 0. The summed E-state index contributed by atoms with van der Waals surface area (Å²) in [6.07, 6.45) is 0.347. The zero-order valence-corrected chi connectivity index (χ0v) is 14.3. The van der Waals surface area contributed by atoms with Crippen LogP contribution in [-0.2, 0) is 23.0 Å². The van der Waals surface area contributed by atoms with E-state index in [1.165, 1.54) is 27.7 Å². The summed E-state index contributed by atoms with van der Waals surface area (Å²) in [5, 5.41) is 19.6. The van der Waals surface area contributed by atoms with Gasteiger partial charge in [-0.05, 0) is 13.8 Å². The molecule has 21 heavy (non-hydrogen) atoms. The molecule has 0 fully saturated rings. The van der Waals surface area contributed by atoms with Gasteiger partial charge in [-0.25, -0.2) is 0 Å². The Bertz CT molecular complexity index is 294. The van der Waals surface area contributed by atoms with Gasteiger partial charge in [0.15, 0.2) is 0 Å². The Hall–Kier alpha value is -1.23. The van der Waals surface area contributed by atoms with Crippen LogP contribution in [0.5, 0.6) is 0 Å². The van der Waals surface area contributed by atoms with Crippen LogP contribution in [0.25, 0.3) is 0 Å². The molecule has 0 rings (SSSR count). The van der Waals surface area contributed by atoms with Crippen LogP contribution in [0, 0.1) is 11.8 Å². The van der Waals surface area contributed by atoms with Gasteiger partial charge in [0.2, 0.25) is 0 Å². The fraction of sp³-hybridized carbons (Fsp3) is 0.692.